The molecular formula is C32H47NO8. The molecule has 228 valence electrons. The number of nitrogens with zero attached hydrogens (tertiary/aromatic N) is 1. The standard InChI is InChI=1S/C32H47NO8/c1-20(7-11-29-30(36)32(19-39-32)13-15-38-29)6-10-28-21(2)16-26(24(5)41-28)17-27(35)9-8-22(3)40-31(37)33-14-12-25(18-33)23(4)34/h6-9,11,21-22,24-26,28-30,36H,10,12-19H2,1-5H3/b9-8-,11-7+,20-6+/t21-,22-,24+,25?,26-,28-,29?,30+,32+/m0/s1. The van der Waals surface area contributed by atoms with Gasteiger partial charge in [0, 0.05) is 31.8 Å². The lowest BCUT2D eigenvalue weighted by Crippen LogP contribution is -2.46. The Hall–Kier alpha value is -2.33. The highest BCUT2D eigenvalue weighted by atomic mass is 16.6. The molecule has 0 aromatic carbocycles. The lowest BCUT2D eigenvalue weighted by Gasteiger charge is -2.38. The largest absolute Gasteiger partial charge is 0.442 e. The van der Waals surface area contributed by atoms with E-state index in [1.807, 2.05) is 26.0 Å². The van der Waals surface area contributed by atoms with Crippen LogP contribution in [0.25, 0.3) is 0 Å². The van der Waals surface area contributed by atoms with Crippen molar-refractivity contribution in [2.75, 3.05) is 26.3 Å². The van der Waals surface area contributed by atoms with Gasteiger partial charge in [-0.3, -0.25) is 9.59 Å². The van der Waals surface area contributed by atoms with Crippen molar-refractivity contribution in [1.29, 1.82) is 0 Å². The average Bonchev–Trinajstić information content (AvgIpc) is 3.51. The number of amides is 1. The number of aliphatic hydroxyl groups is 1. The summed E-state index contributed by atoms with van der Waals surface area (Å²) in [7, 11) is 0. The van der Waals surface area contributed by atoms with E-state index >= 15 is 0 Å². The van der Waals surface area contributed by atoms with Gasteiger partial charge in [-0.15, -0.1) is 0 Å². The van der Waals surface area contributed by atoms with Crippen molar-refractivity contribution in [1.82, 2.24) is 4.90 Å². The van der Waals surface area contributed by atoms with Crippen molar-refractivity contribution in [2.45, 2.75) is 103 Å². The Morgan fingerprint density at radius 1 is 1.20 bits per heavy atom. The molecule has 2 unspecified atom stereocenters. The maximum Gasteiger partial charge on any atom is 0.410 e. The van der Waals surface area contributed by atoms with Gasteiger partial charge in [0.15, 0.2) is 5.78 Å². The van der Waals surface area contributed by atoms with Crippen LogP contribution in [0.4, 0.5) is 4.79 Å². The molecule has 4 heterocycles. The van der Waals surface area contributed by atoms with E-state index in [-0.39, 0.29) is 41.7 Å². The highest BCUT2D eigenvalue weighted by Gasteiger charge is 2.55. The summed E-state index contributed by atoms with van der Waals surface area (Å²) in [4.78, 5) is 38.2. The lowest BCUT2D eigenvalue weighted by atomic mass is 9.81. The SMILES string of the molecule is CC(=O)C1CCN(C(=O)O[C@@H](C)/C=C\C(=O)C[C@@H]2C[C@H](C)[C@H](C/C=C(C)/C=C/C3OCC[C@@]4(CO4)[C@@H]3O)O[C@@H]2C)C1. The van der Waals surface area contributed by atoms with Crippen LogP contribution in [-0.4, -0.2) is 90.1 Å². The molecule has 4 aliphatic rings. The molecule has 4 aliphatic heterocycles. The minimum atomic E-state index is -0.632. The van der Waals surface area contributed by atoms with E-state index in [4.69, 9.17) is 18.9 Å². The summed E-state index contributed by atoms with van der Waals surface area (Å²) in [5, 5.41) is 10.5. The summed E-state index contributed by atoms with van der Waals surface area (Å²) in [5.74, 6) is 0.388. The van der Waals surface area contributed by atoms with Gasteiger partial charge >= 0.3 is 6.09 Å². The maximum absolute atomic E-state index is 12.7. The summed E-state index contributed by atoms with van der Waals surface area (Å²) in [6.07, 6.45) is 10.7. The first-order valence-electron chi connectivity index (χ1n) is 15.1. The van der Waals surface area contributed by atoms with Crippen LogP contribution in [0.5, 0.6) is 0 Å². The van der Waals surface area contributed by atoms with E-state index in [0.717, 1.165) is 24.8 Å². The Kier molecular flexibility index (Phi) is 10.6. The lowest BCUT2D eigenvalue weighted by molar-refractivity contribution is -0.125. The van der Waals surface area contributed by atoms with E-state index < -0.39 is 23.9 Å². The predicted octanol–water partition coefficient (Wildman–Crippen LogP) is 4.18. The van der Waals surface area contributed by atoms with Crippen LogP contribution in [0, 0.1) is 17.8 Å². The number of ketones is 2. The molecule has 41 heavy (non-hydrogen) atoms. The molecule has 4 rings (SSSR count). The molecule has 1 spiro atoms. The minimum absolute atomic E-state index is 0.0109. The Bertz CT molecular complexity index is 1050. The van der Waals surface area contributed by atoms with Crippen molar-refractivity contribution in [3.63, 3.8) is 0 Å². The molecule has 4 saturated heterocycles. The van der Waals surface area contributed by atoms with Crippen LogP contribution < -0.4 is 0 Å². The Morgan fingerprint density at radius 3 is 2.63 bits per heavy atom. The highest BCUT2D eigenvalue weighted by molar-refractivity contribution is 5.90. The third kappa shape index (κ3) is 8.37. The molecule has 1 N–H and O–H groups in total. The van der Waals surface area contributed by atoms with Gasteiger partial charge in [-0.2, -0.15) is 0 Å². The van der Waals surface area contributed by atoms with Crippen LogP contribution in [0.3, 0.4) is 0 Å². The zero-order valence-corrected chi connectivity index (χ0v) is 25.1. The second kappa shape index (κ2) is 13.8. The summed E-state index contributed by atoms with van der Waals surface area (Å²) >= 11 is 0. The van der Waals surface area contributed by atoms with Crippen LogP contribution in [0.15, 0.2) is 36.0 Å². The number of epoxide rings is 1. The average molecular weight is 574 g/mol. The second-order valence-corrected chi connectivity index (χ2v) is 12.4. The van der Waals surface area contributed by atoms with E-state index in [0.29, 0.717) is 45.1 Å². The molecule has 0 aromatic heterocycles. The molecule has 0 bridgehead atoms. The molecule has 0 saturated carbocycles. The van der Waals surface area contributed by atoms with Gasteiger partial charge < -0.3 is 29.0 Å². The topological polar surface area (TPSA) is 115 Å². The van der Waals surface area contributed by atoms with Crippen LogP contribution in [0.1, 0.15) is 66.7 Å². The van der Waals surface area contributed by atoms with Gasteiger partial charge in [-0.1, -0.05) is 30.7 Å². The number of Topliss-reactive ketones (excluding diaryl/α,β-unsaturated/α-hetero) is 1. The Morgan fingerprint density at radius 2 is 1.95 bits per heavy atom. The number of rotatable bonds is 10. The number of allylic oxidation sites excluding steroid dienone is 3. The number of likely N-dealkylation sites (tertiary alicyclic amines) is 1. The zero-order chi connectivity index (χ0) is 29.7. The molecule has 1 amide bonds. The highest BCUT2D eigenvalue weighted by Crippen LogP contribution is 2.40. The third-order valence-corrected chi connectivity index (χ3v) is 9.11. The maximum atomic E-state index is 12.7. The van der Waals surface area contributed by atoms with E-state index in [1.54, 1.807) is 24.8 Å². The van der Waals surface area contributed by atoms with E-state index in [2.05, 4.69) is 13.0 Å². The first-order valence-corrected chi connectivity index (χ1v) is 15.1. The zero-order valence-electron chi connectivity index (χ0n) is 25.1. The fourth-order valence-electron chi connectivity index (χ4n) is 6.07. The van der Waals surface area contributed by atoms with Crippen molar-refractivity contribution in [3.8, 4) is 0 Å². The van der Waals surface area contributed by atoms with Crippen molar-refractivity contribution < 1.29 is 38.4 Å². The molecule has 9 atom stereocenters. The van der Waals surface area contributed by atoms with Crippen molar-refractivity contribution in [2.24, 2.45) is 17.8 Å². The van der Waals surface area contributed by atoms with Gasteiger partial charge in [0.2, 0.25) is 0 Å². The number of hydrogen-bond donors (Lipinski definition) is 1. The van der Waals surface area contributed by atoms with Crippen molar-refractivity contribution >= 4 is 17.7 Å². The molecule has 4 fully saturated rings. The fourth-order valence-corrected chi connectivity index (χ4v) is 6.07. The van der Waals surface area contributed by atoms with Crippen molar-refractivity contribution in [3.05, 3.63) is 36.0 Å². The van der Waals surface area contributed by atoms with E-state index in [1.165, 1.54) is 6.08 Å². The van der Waals surface area contributed by atoms with Crippen LogP contribution >= 0.6 is 0 Å². The van der Waals surface area contributed by atoms with Crippen LogP contribution in [0.2, 0.25) is 0 Å². The first kappa shape index (κ1) is 31.6. The summed E-state index contributed by atoms with van der Waals surface area (Å²) in [6, 6.07) is 0. The molecule has 9 nitrogen and oxygen atoms in total. The number of ether oxygens (including phenoxy) is 4. The first-order chi connectivity index (χ1) is 19.5. The van der Waals surface area contributed by atoms with Gasteiger partial charge in [0.25, 0.3) is 0 Å². The number of carbonyl (C=O) groups is 3. The molecule has 9 heteroatoms. The Labute approximate surface area is 243 Å². The third-order valence-electron chi connectivity index (χ3n) is 9.11. The number of hydrogen-bond acceptors (Lipinski definition) is 8. The molecule has 0 radical (unpaired) electrons. The fraction of sp³-hybridized carbons (Fsp3) is 0.719. The quantitative estimate of drug-likeness (QED) is 0.235. The van der Waals surface area contributed by atoms with Crippen LogP contribution in [-0.2, 0) is 28.5 Å². The smallest absolute Gasteiger partial charge is 0.410 e. The summed E-state index contributed by atoms with van der Waals surface area (Å²) < 4.78 is 23.0. The van der Waals surface area contributed by atoms with Gasteiger partial charge in [0.05, 0.1) is 25.4 Å². The summed E-state index contributed by atoms with van der Waals surface area (Å²) in [6.45, 7) is 11.6. The van der Waals surface area contributed by atoms with Gasteiger partial charge in [0.1, 0.15) is 29.7 Å². The van der Waals surface area contributed by atoms with Gasteiger partial charge in [-0.25, -0.2) is 4.79 Å². The molecule has 0 aliphatic carbocycles. The normalized spacial score (nSPS) is 36.7. The second-order valence-electron chi connectivity index (χ2n) is 12.4. The number of carbonyl (C=O) groups excluding carboxylic acids is 3. The Balaban J connectivity index is 1.18. The minimum Gasteiger partial charge on any atom is -0.442 e. The number of aliphatic hydroxyl groups excluding tert-OH is 1. The summed E-state index contributed by atoms with van der Waals surface area (Å²) in [5.41, 5.74) is 0.682. The van der Waals surface area contributed by atoms with E-state index in [9.17, 15) is 19.5 Å². The monoisotopic (exact) mass is 573 g/mol. The predicted molar refractivity (Wildman–Crippen MR) is 153 cm³/mol. The van der Waals surface area contributed by atoms with Gasteiger partial charge in [-0.05, 0) is 70.9 Å². The molecule has 0 aromatic rings. The molecular weight excluding hydrogens is 526 g/mol.